The van der Waals surface area contributed by atoms with Gasteiger partial charge in [0, 0.05) is 28.8 Å². The zero-order chi connectivity index (χ0) is 20.2. The maximum absolute atomic E-state index is 6.14. The van der Waals surface area contributed by atoms with Crippen molar-refractivity contribution in [2.45, 2.75) is 44.9 Å². The number of nitrogens with two attached hydrogens (primary N) is 1. The van der Waals surface area contributed by atoms with E-state index >= 15 is 0 Å². The Labute approximate surface area is 177 Å². The summed E-state index contributed by atoms with van der Waals surface area (Å²) in [4.78, 5) is 1.25. The van der Waals surface area contributed by atoms with E-state index in [9.17, 15) is 0 Å². The number of nitrogens with one attached hydrogen (secondary N) is 1. The molecule has 2 heterocycles. The molecule has 3 N–H and O–H groups in total. The van der Waals surface area contributed by atoms with Crippen molar-refractivity contribution in [1.82, 2.24) is 0 Å². The van der Waals surface area contributed by atoms with Crippen LogP contribution < -0.4 is 11.1 Å². The van der Waals surface area contributed by atoms with Crippen LogP contribution in [0.3, 0.4) is 0 Å². The highest BCUT2D eigenvalue weighted by Crippen LogP contribution is 2.50. The Balaban J connectivity index is 1.70. The van der Waals surface area contributed by atoms with Gasteiger partial charge in [-0.1, -0.05) is 50.3 Å². The number of hydrogen-bond acceptors (Lipinski definition) is 3. The van der Waals surface area contributed by atoms with Gasteiger partial charge in [-0.15, -0.1) is 11.3 Å². The van der Waals surface area contributed by atoms with Crippen LogP contribution in [0.4, 0.5) is 5.69 Å². The van der Waals surface area contributed by atoms with Gasteiger partial charge in [0.25, 0.3) is 0 Å². The van der Waals surface area contributed by atoms with E-state index in [0.717, 1.165) is 18.7 Å². The van der Waals surface area contributed by atoms with Crippen molar-refractivity contribution in [1.29, 1.82) is 0 Å². The minimum Gasteiger partial charge on any atom is -0.354 e. The standard InChI is InChI=1S/C26H28N2S/c1-4-18-14-16(2)24-23(21-10-13-29-25(21)17(3)28-24)22(18)19-6-8-20(9-7-19)26(15-27)11-5-12-26/h6-10,13-14,28H,3-5,11-12,15,27H2,1-2H3. The number of rotatable bonds is 4. The quantitative estimate of drug-likeness (QED) is 0.509. The SMILES string of the molecule is C=C1Nc2c(C)cc(CC)c(-c3ccc(C4(CN)CCC4)cc3)c2-c2ccsc21. The molecule has 0 unspecified atom stereocenters. The van der Waals surface area contributed by atoms with Crippen LogP contribution in [0.1, 0.15) is 47.8 Å². The first kappa shape index (κ1) is 18.7. The van der Waals surface area contributed by atoms with Crippen LogP contribution in [0.15, 0.2) is 48.4 Å². The molecule has 2 aromatic carbocycles. The molecule has 0 radical (unpaired) electrons. The van der Waals surface area contributed by atoms with Crippen LogP contribution in [-0.4, -0.2) is 6.54 Å². The zero-order valence-corrected chi connectivity index (χ0v) is 18.1. The van der Waals surface area contributed by atoms with E-state index in [-0.39, 0.29) is 5.41 Å². The van der Waals surface area contributed by atoms with E-state index in [2.05, 4.69) is 67.5 Å². The second-order valence-electron chi connectivity index (χ2n) is 8.51. The largest absolute Gasteiger partial charge is 0.354 e. The van der Waals surface area contributed by atoms with Gasteiger partial charge in [-0.05, 0) is 65.4 Å². The molecule has 3 aromatic rings. The van der Waals surface area contributed by atoms with Gasteiger partial charge < -0.3 is 11.1 Å². The third-order valence-corrected chi connectivity index (χ3v) is 7.93. The highest BCUT2D eigenvalue weighted by molar-refractivity contribution is 7.11. The fourth-order valence-electron chi connectivity index (χ4n) is 5.08. The second kappa shape index (κ2) is 6.86. The molecule has 2 nitrogen and oxygen atoms in total. The molecular formula is C26H28N2S. The molecule has 0 spiro atoms. The lowest BCUT2D eigenvalue weighted by Gasteiger charge is -2.41. The molecule has 148 valence electrons. The number of aryl methyl sites for hydroxylation is 2. The van der Waals surface area contributed by atoms with Crippen molar-refractivity contribution in [3.63, 3.8) is 0 Å². The molecule has 1 fully saturated rings. The maximum Gasteiger partial charge on any atom is 0.0578 e. The van der Waals surface area contributed by atoms with Crippen LogP contribution in [0.5, 0.6) is 0 Å². The van der Waals surface area contributed by atoms with Gasteiger partial charge in [-0.25, -0.2) is 0 Å². The fraction of sp³-hybridized carbons (Fsp3) is 0.308. The van der Waals surface area contributed by atoms with Crippen molar-refractivity contribution < 1.29 is 0 Å². The molecule has 29 heavy (non-hydrogen) atoms. The van der Waals surface area contributed by atoms with Gasteiger partial charge in [0.2, 0.25) is 0 Å². The van der Waals surface area contributed by atoms with Gasteiger partial charge in [0.05, 0.1) is 10.6 Å². The first-order valence-corrected chi connectivity index (χ1v) is 11.5. The van der Waals surface area contributed by atoms with Crippen LogP contribution >= 0.6 is 11.3 Å². The average Bonchev–Trinajstić information content (AvgIpc) is 3.19. The van der Waals surface area contributed by atoms with Gasteiger partial charge in [0.15, 0.2) is 0 Å². The van der Waals surface area contributed by atoms with E-state index in [1.54, 1.807) is 11.3 Å². The van der Waals surface area contributed by atoms with Crippen molar-refractivity contribution in [3.05, 3.63) is 69.9 Å². The molecule has 0 amide bonds. The Morgan fingerprint density at radius 2 is 1.90 bits per heavy atom. The monoisotopic (exact) mass is 400 g/mol. The van der Waals surface area contributed by atoms with E-state index in [4.69, 9.17) is 5.73 Å². The maximum atomic E-state index is 6.14. The molecule has 1 aromatic heterocycles. The summed E-state index contributed by atoms with van der Waals surface area (Å²) in [7, 11) is 0. The Kier molecular flexibility index (Phi) is 4.41. The van der Waals surface area contributed by atoms with Gasteiger partial charge in [-0.3, -0.25) is 0 Å². The lowest BCUT2D eigenvalue weighted by Crippen LogP contribution is -2.41. The van der Waals surface area contributed by atoms with E-state index in [1.807, 2.05) is 0 Å². The minimum atomic E-state index is 0.207. The second-order valence-corrected chi connectivity index (χ2v) is 9.43. The Hall–Kier alpha value is -2.36. The molecule has 0 saturated heterocycles. The van der Waals surface area contributed by atoms with Crippen molar-refractivity contribution >= 4 is 22.7 Å². The number of benzene rings is 2. The Bertz CT molecular complexity index is 1090. The summed E-state index contributed by atoms with van der Waals surface area (Å²) < 4.78 is 0. The molecule has 5 rings (SSSR count). The highest BCUT2D eigenvalue weighted by atomic mass is 32.1. The fourth-order valence-corrected chi connectivity index (χ4v) is 5.91. The third kappa shape index (κ3) is 2.72. The van der Waals surface area contributed by atoms with Crippen LogP contribution in [0, 0.1) is 6.92 Å². The molecular weight excluding hydrogens is 372 g/mol. The lowest BCUT2D eigenvalue weighted by atomic mass is 9.64. The third-order valence-electron chi connectivity index (χ3n) is 6.96. The van der Waals surface area contributed by atoms with Gasteiger partial charge in [0.1, 0.15) is 0 Å². The molecule has 2 aliphatic rings. The highest BCUT2D eigenvalue weighted by Gasteiger charge is 2.37. The molecule has 1 saturated carbocycles. The topological polar surface area (TPSA) is 38.0 Å². The molecule has 1 aliphatic carbocycles. The first-order valence-electron chi connectivity index (χ1n) is 10.6. The summed E-state index contributed by atoms with van der Waals surface area (Å²) in [6, 6.07) is 13.8. The van der Waals surface area contributed by atoms with E-state index in [0.29, 0.717) is 0 Å². The predicted octanol–water partition coefficient (Wildman–Crippen LogP) is 6.73. The normalized spacial score (nSPS) is 16.6. The number of fused-ring (bicyclic) bond motifs is 3. The van der Waals surface area contributed by atoms with Crippen LogP contribution in [-0.2, 0) is 11.8 Å². The van der Waals surface area contributed by atoms with Crippen LogP contribution in [0.25, 0.3) is 28.0 Å². The average molecular weight is 401 g/mol. The summed E-state index contributed by atoms with van der Waals surface area (Å²) in [6.07, 6.45) is 4.74. The summed E-state index contributed by atoms with van der Waals surface area (Å²) in [5, 5.41) is 5.77. The predicted molar refractivity (Wildman–Crippen MR) is 127 cm³/mol. The number of thiophene rings is 1. The Morgan fingerprint density at radius 1 is 1.14 bits per heavy atom. The van der Waals surface area contributed by atoms with Crippen molar-refractivity contribution in [2.75, 3.05) is 11.9 Å². The van der Waals surface area contributed by atoms with Crippen molar-refractivity contribution in [2.24, 2.45) is 5.73 Å². The Morgan fingerprint density at radius 3 is 2.52 bits per heavy atom. The van der Waals surface area contributed by atoms with Gasteiger partial charge >= 0.3 is 0 Å². The first-order chi connectivity index (χ1) is 14.1. The summed E-state index contributed by atoms with van der Waals surface area (Å²) >= 11 is 1.76. The summed E-state index contributed by atoms with van der Waals surface area (Å²) in [5.41, 5.74) is 17.9. The number of anilines is 1. The number of hydrogen-bond donors (Lipinski definition) is 2. The van der Waals surface area contributed by atoms with Crippen molar-refractivity contribution in [3.8, 4) is 22.3 Å². The molecule has 0 bridgehead atoms. The molecule has 0 atom stereocenters. The van der Waals surface area contributed by atoms with E-state index < -0.39 is 0 Å². The lowest BCUT2D eigenvalue weighted by molar-refractivity contribution is 0.253. The minimum absolute atomic E-state index is 0.207. The zero-order valence-electron chi connectivity index (χ0n) is 17.3. The van der Waals surface area contributed by atoms with Gasteiger partial charge in [-0.2, -0.15) is 0 Å². The molecule has 3 heteroatoms. The summed E-state index contributed by atoms with van der Waals surface area (Å²) in [6.45, 7) is 9.46. The van der Waals surface area contributed by atoms with Crippen LogP contribution in [0.2, 0.25) is 0 Å². The summed E-state index contributed by atoms with van der Waals surface area (Å²) in [5.74, 6) is 0. The molecule has 1 aliphatic heterocycles. The smallest absolute Gasteiger partial charge is 0.0578 e. The van der Waals surface area contributed by atoms with E-state index in [1.165, 1.54) is 68.8 Å².